The van der Waals surface area contributed by atoms with Gasteiger partial charge in [-0.1, -0.05) is 0 Å². The standard InChI is InChI=1S/C19H27N5O/c1-20-18-10-12-22-19(24-18)23-16-8-9-17(25-2)14(13-16)5-3-6-15-7-4-11-21-15/h8-10,12-13,15,21H,3-7,11H2,1-2H3,(H2,20,22,23,24)/t15-/m1/s1. The largest absolute Gasteiger partial charge is 0.496 e. The van der Waals surface area contributed by atoms with E-state index in [1.54, 1.807) is 13.3 Å². The number of aromatic nitrogens is 2. The summed E-state index contributed by atoms with van der Waals surface area (Å²) in [6, 6.07) is 8.66. The van der Waals surface area contributed by atoms with Crippen LogP contribution in [0, 0.1) is 0 Å². The average molecular weight is 341 g/mol. The van der Waals surface area contributed by atoms with Crippen molar-refractivity contribution in [3.63, 3.8) is 0 Å². The molecule has 0 unspecified atom stereocenters. The lowest BCUT2D eigenvalue weighted by Crippen LogP contribution is -2.21. The van der Waals surface area contributed by atoms with E-state index in [2.05, 4.69) is 32.0 Å². The van der Waals surface area contributed by atoms with Crippen LogP contribution >= 0.6 is 0 Å². The number of benzene rings is 1. The molecule has 0 radical (unpaired) electrons. The van der Waals surface area contributed by atoms with Gasteiger partial charge in [0.05, 0.1) is 7.11 Å². The highest BCUT2D eigenvalue weighted by Crippen LogP contribution is 2.26. The third-order valence-corrected chi connectivity index (χ3v) is 4.61. The summed E-state index contributed by atoms with van der Waals surface area (Å²) in [6.45, 7) is 1.17. The topological polar surface area (TPSA) is 71.1 Å². The van der Waals surface area contributed by atoms with Gasteiger partial charge in [-0.25, -0.2) is 4.98 Å². The van der Waals surface area contributed by atoms with Gasteiger partial charge in [-0.3, -0.25) is 0 Å². The van der Waals surface area contributed by atoms with E-state index in [-0.39, 0.29) is 0 Å². The van der Waals surface area contributed by atoms with Crippen LogP contribution in [-0.4, -0.2) is 36.7 Å². The van der Waals surface area contributed by atoms with Gasteiger partial charge in [-0.15, -0.1) is 0 Å². The molecular formula is C19H27N5O. The summed E-state index contributed by atoms with van der Waals surface area (Å²) in [4.78, 5) is 8.67. The second-order valence-electron chi connectivity index (χ2n) is 6.35. The van der Waals surface area contributed by atoms with Gasteiger partial charge in [0.1, 0.15) is 11.6 Å². The number of aryl methyl sites for hydroxylation is 1. The molecule has 25 heavy (non-hydrogen) atoms. The van der Waals surface area contributed by atoms with E-state index in [4.69, 9.17) is 4.74 Å². The Kier molecular flexibility index (Phi) is 6.06. The van der Waals surface area contributed by atoms with Gasteiger partial charge in [0, 0.05) is 25.0 Å². The molecule has 1 aromatic carbocycles. The van der Waals surface area contributed by atoms with Crippen LogP contribution in [0.4, 0.5) is 17.5 Å². The quantitative estimate of drug-likeness (QED) is 0.684. The Morgan fingerprint density at radius 2 is 2.24 bits per heavy atom. The van der Waals surface area contributed by atoms with Gasteiger partial charge in [0.15, 0.2) is 0 Å². The molecule has 3 N–H and O–H groups in total. The second-order valence-corrected chi connectivity index (χ2v) is 6.35. The molecule has 0 bridgehead atoms. The van der Waals surface area contributed by atoms with Crippen LogP contribution in [0.2, 0.25) is 0 Å². The molecule has 134 valence electrons. The van der Waals surface area contributed by atoms with E-state index in [0.717, 1.165) is 30.1 Å². The third kappa shape index (κ3) is 4.82. The minimum Gasteiger partial charge on any atom is -0.496 e. The monoisotopic (exact) mass is 341 g/mol. The Labute approximate surface area is 149 Å². The zero-order chi connectivity index (χ0) is 17.5. The van der Waals surface area contributed by atoms with Gasteiger partial charge < -0.3 is 20.7 Å². The van der Waals surface area contributed by atoms with Crippen molar-refractivity contribution in [3.8, 4) is 5.75 Å². The first-order valence-electron chi connectivity index (χ1n) is 8.96. The summed E-state index contributed by atoms with van der Waals surface area (Å²) in [6.07, 6.45) is 7.72. The lowest BCUT2D eigenvalue weighted by atomic mass is 10.0. The molecule has 1 aromatic heterocycles. The maximum atomic E-state index is 5.52. The predicted molar refractivity (Wildman–Crippen MR) is 102 cm³/mol. The van der Waals surface area contributed by atoms with Gasteiger partial charge in [-0.05, 0) is 68.5 Å². The number of anilines is 3. The van der Waals surface area contributed by atoms with E-state index in [0.29, 0.717) is 12.0 Å². The van der Waals surface area contributed by atoms with E-state index in [9.17, 15) is 0 Å². The Hall–Kier alpha value is -2.34. The fourth-order valence-electron chi connectivity index (χ4n) is 3.28. The number of nitrogens with one attached hydrogen (secondary N) is 3. The van der Waals surface area contributed by atoms with Crippen molar-refractivity contribution in [2.45, 2.75) is 38.1 Å². The van der Waals surface area contributed by atoms with Crippen molar-refractivity contribution in [2.24, 2.45) is 0 Å². The molecule has 0 spiro atoms. The zero-order valence-corrected chi connectivity index (χ0v) is 15.0. The molecule has 1 aliphatic rings. The highest BCUT2D eigenvalue weighted by molar-refractivity contribution is 5.58. The van der Waals surface area contributed by atoms with Crippen LogP contribution in [-0.2, 0) is 6.42 Å². The lowest BCUT2D eigenvalue weighted by Gasteiger charge is -2.13. The third-order valence-electron chi connectivity index (χ3n) is 4.61. The maximum absolute atomic E-state index is 5.52. The molecule has 3 rings (SSSR count). The molecule has 0 aliphatic carbocycles. The molecule has 2 aromatic rings. The minimum atomic E-state index is 0.582. The molecule has 1 fully saturated rings. The number of hydrogen-bond acceptors (Lipinski definition) is 6. The number of nitrogens with zero attached hydrogens (tertiary/aromatic N) is 2. The van der Waals surface area contributed by atoms with Crippen molar-refractivity contribution in [1.29, 1.82) is 0 Å². The number of hydrogen-bond donors (Lipinski definition) is 3. The summed E-state index contributed by atoms with van der Waals surface area (Å²) in [5, 5.41) is 9.85. The summed E-state index contributed by atoms with van der Waals surface area (Å²) in [5.41, 5.74) is 2.19. The van der Waals surface area contributed by atoms with Gasteiger partial charge in [-0.2, -0.15) is 4.98 Å². The molecule has 6 nitrogen and oxygen atoms in total. The van der Waals surface area contributed by atoms with Crippen molar-refractivity contribution < 1.29 is 4.74 Å². The fourth-order valence-corrected chi connectivity index (χ4v) is 3.28. The Bertz CT molecular complexity index is 685. The highest BCUT2D eigenvalue weighted by atomic mass is 16.5. The molecule has 1 saturated heterocycles. The van der Waals surface area contributed by atoms with Gasteiger partial charge >= 0.3 is 0 Å². The van der Waals surface area contributed by atoms with Crippen LogP contribution in [0.25, 0.3) is 0 Å². The van der Waals surface area contributed by atoms with E-state index in [1.807, 2.05) is 25.2 Å². The van der Waals surface area contributed by atoms with Crippen LogP contribution in [0.5, 0.6) is 5.75 Å². The normalized spacial score (nSPS) is 16.6. The predicted octanol–water partition coefficient (Wildman–Crippen LogP) is 3.35. The van der Waals surface area contributed by atoms with Gasteiger partial charge in [0.2, 0.25) is 5.95 Å². The number of methoxy groups -OCH3 is 1. The van der Waals surface area contributed by atoms with E-state index >= 15 is 0 Å². The van der Waals surface area contributed by atoms with Crippen LogP contribution < -0.4 is 20.7 Å². The number of ether oxygens (including phenoxy) is 1. The maximum Gasteiger partial charge on any atom is 0.229 e. The summed E-state index contributed by atoms with van der Waals surface area (Å²) in [5.74, 6) is 2.31. The van der Waals surface area contributed by atoms with Crippen molar-refractivity contribution in [2.75, 3.05) is 31.3 Å². The molecule has 1 atom stereocenters. The summed E-state index contributed by atoms with van der Waals surface area (Å²) in [7, 11) is 3.57. The summed E-state index contributed by atoms with van der Waals surface area (Å²) < 4.78 is 5.52. The Morgan fingerprint density at radius 3 is 3.00 bits per heavy atom. The Morgan fingerprint density at radius 1 is 1.32 bits per heavy atom. The smallest absolute Gasteiger partial charge is 0.229 e. The molecule has 6 heteroatoms. The average Bonchev–Trinajstić information content (AvgIpc) is 3.16. The minimum absolute atomic E-state index is 0.582. The van der Waals surface area contributed by atoms with Crippen molar-refractivity contribution in [3.05, 3.63) is 36.0 Å². The second kappa shape index (κ2) is 8.67. The molecule has 0 amide bonds. The number of rotatable bonds is 8. The first-order chi connectivity index (χ1) is 12.3. The first kappa shape index (κ1) is 17.5. The SMILES string of the molecule is CNc1ccnc(Nc2ccc(OC)c(CCC[C@@H]3CCCN3)c2)n1. The van der Waals surface area contributed by atoms with E-state index < -0.39 is 0 Å². The first-order valence-corrected chi connectivity index (χ1v) is 8.96. The van der Waals surface area contributed by atoms with Crippen LogP contribution in [0.1, 0.15) is 31.2 Å². The molecule has 0 saturated carbocycles. The molecule has 2 heterocycles. The van der Waals surface area contributed by atoms with Crippen LogP contribution in [0.3, 0.4) is 0 Å². The highest BCUT2D eigenvalue weighted by Gasteiger charge is 2.14. The zero-order valence-electron chi connectivity index (χ0n) is 15.0. The summed E-state index contributed by atoms with van der Waals surface area (Å²) >= 11 is 0. The Balaban J connectivity index is 1.65. The molecular weight excluding hydrogens is 314 g/mol. The van der Waals surface area contributed by atoms with Gasteiger partial charge in [0.25, 0.3) is 0 Å². The fraction of sp³-hybridized carbons (Fsp3) is 0.474. The lowest BCUT2D eigenvalue weighted by molar-refractivity contribution is 0.408. The molecule has 1 aliphatic heterocycles. The van der Waals surface area contributed by atoms with Crippen LogP contribution in [0.15, 0.2) is 30.5 Å². The van der Waals surface area contributed by atoms with E-state index in [1.165, 1.54) is 31.4 Å². The van der Waals surface area contributed by atoms with Crippen molar-refractivity contribution in [1.82, 2.24) is 15.3 Å². The van der Waals surface area contributed by atoms with Crippen molar-refractivity contribution >= 4 is 17.5 Å².